The van der Waals surface area contributed by atoms with E-state index in [2.05, 4.69) is 22.8 Å². The molecule has 0 atom stereocenters. The fourth-order valence-electron chi connectivity index (χ4n) is 4.83. The van der Waals surface area contributed by atoms with E-state index < -0.39 is 0 Å². The summed E-state index contributed by atoms with van der Waals surface area (Å²) in [6, 6.07) is 19.3. The molecule has 2 N–H and O–H groups in total. The quantitative estimate of drug-likeness (QED) is 0.544. The highest BCUT2D eigenvalue weighted by Crippen LogP contribution is 2.25. The highest BCUT2D eigenvalue weighted by atomic mass is 16.2. The molecule has 0 heterocycles. The molecule has 2 aliphatic rings. The van der Waals surface area contributed by atoms with Crippen LogP contribution in [0.4, 0.5) is 11.4 Å². The first kappa shape index (κ1) is 20.5. The number of carbonyl (C=O) groups is 2. The van der Waals surface area contributed by atoms with Gasteiger partial charge in [-0.3, -0.25) is 9.59 Å². The first-order chi connectivity index (χ1) is 15.7. The Kier molecular flexibility index (Phi) is 5.76. The van der Waals surface area contributed by atoms with Crippen LogP contribution in [-0.4, -0.2) is 11.8 Å². The summed E-state index contributed by atoms with van der Waals surface area (Å²) in [7, 11) is 0. The number of rotatable bonds is 4. The second-order valence-electron chi connectivity index (χ2n) is 8.87. The predicted octanol–water partition coefficient (Wildman–Crippen LogP) is 5.95. The minimum absolute atomic E-state index is 0.128. The van der Waals surface area contributed by atoms with E-state index in [1.165, 1.54) is 47.9 Å². The average Bonchev–Trinajstić information content (AvgIpc) is 2.83. The minimum Gasteiger partial charge on any atom is -0.322 e. The number of aryl methyl sites for hydroxylation is 4. The third kappa shape index (κ3) is 4.45. The molecule has 4 heteroatoms. The summed E-state index contributed by atoms with van der Waals surface area (Å²) in [6.45, 7) is 0. The van der Waals surface area contributed by atoms with Crippen molar-refractivity contribution in [2.75, 3.05) is 10.6 Å². The van der Waals surface area contributed by atoms with Crippen LogP contribution in [0.1, 0.15) is 68.7 Å². The largest absolute Gasteiger partial charge is 0.322 e. The number of anilines is 2. The van der Waals surface area contributed by atoms with E-state index in [1.54, 1.807) is 6.07 Å². The molecule has 0 saturated carbocycles. The van der Waals surface area contributed by atoms with E-state index in [-0.39, 0.29) is 11.8 Å². The molecule has 3 aromatic carbocycles. The standard InChI is InChI=1S/C28H28N2O2/c31-27(23-14-12-19-6-1-3-8-21(19)16-23)29-25-10-5-11-26(18-25)30-28(32)24-15-13-20-7-2-4-9-22(20)17-24/h5,10-18H,1-4,6-9H2,(H,29,31)(H,30,32). The molecule has 0 saturated heterocycles. The van der Waals surface area contributed by atoms with E-state index in [0.29, 0.717) is 22.5 Å². The first-order valence-corrected chi connectivity index (χ1v) is 11.6. The molecular formula is C28H28N2O2. The maximum absolute atomic E-state index is 12.8. The van der Waals surface area contributed by atoms with Crippen molar-refractivity contribution in [2.45, 2.75) is 51.4 Å². The Bertz CT molecular complexity index is 1090. The SMILES string of the molecule is O=C(Nc1cccc(NC(=O)c2ccc3c(c2)CCCC3)c1)c1ccc2c(c1)CCCC2. The Morgan fingerprint density at radius 2 is 0.969 bits per heavy atom. The lowest BCUT2D eigenvalue weighted by Gasteiger charge is -2.17. The Morgan fingerprint density at radius 1 is 0.531 bits per heavy atom. The number of hydrogen-bond acceptors (Lipinski definition) is 2. The fourth-order valence-corrected chi connectivity index (χ4v) is 4.83. The maximum atomic E-state index is 12.8. The van der Waals surface area contributed by atoms with Crippen molar-refractivity contribution in [2.24, 2.45) is 0 Å². The molecule has 2 aliphatic carbocycles. The number of carbonyl (C=O) groups excluding carboxylic acids is 2. The van der Waals surface area contributed by atoms with Gasteiger partial charge in [-0.05, 0) is 116 Å². The maximum Gasteiger partial charge on any atom is 0.255 e. The van der Waals surface area contributed by atoms with Crippen molar-refractivity contribution in [3.05, 3.63) is 94.0 Å². The van der Waals surface area contributed by atoms with Gasteiger partial charge in [0, 0.05) is 22.5 Å². The molecule has 0 spiro atoms. The molecule has 0 fully saturated rings. The van der Waals surface area contributed by atoms with Gasteiger partial charge in [0.2, 0.25) is 0 Å². The van der Waals surface area contributed by atoms with Crippen molar-refractivity contribution in [3.63, 3.8) is 0 Å². The average molecular weight is 425 g/mol. The van der Waals surface area contributed by atoms with Gasteiger partial charge >= 0.3 is 0 Å². The van der Waals surface area contributed by atoms with Gasteiger partial charge in [0.15, 0.2) is 0 Å². The van der Waals surface area contributed by atoms with Gasteiger partial charge in [0.05, 0.1) is 0 Å². The third-order valence-corrected chi connectivity index (χ3v) is 6.60. The molecule has 4 nitrogen and oxygen atoms in total. The zero-order chi connectivity index (χ0) is 21.9. The van der Waals surface area contributed by atoms with E-state index in [9.17, 15) is 9.59 Å². The number of hydrogen-bond donors (Lipinski definition) is 2. The van der Waals surface area contributed by atoms with E-state index in [4.69, 9.17) is 0 Å². The summed E-state index contributed by atoms with van der Waals surface area (Å²) in [5.74, 6) is -0.256. The van der Waals surface area contributed by atoms with Crippen LogP contribution < -0.4 is 10.6 Å². The normalized spacial score (nSPS) is 14.8. The number of amides is 2. The Morgan fingerprint density at radius 3 is 1.44 bits per heavy atom. The van der Waals surface area contributed by atoms with E-state index >= 15 is 0 Å². The summed E-state index contributed by atoms with van der Waals surface area (Å²) < 4.78 is 0. The van der Waals surface area contributed by atoms with Crippen LogP contribution in [0.5, 0.6) is 0 Å². The van der Waals surface area contributed by atoms with Crippen LogP contribution in [0.15, 0.2) is 60.7 Å². The molecule has 0 aromatic heterocycles. The van der Waals surface area contributed by atoms with E-state index in [1.807, 2.05) is 42.5 Å². The molecule has 3 aromatic rings. The van der Waals surface area contributed by atoms with Crippen molar-refractivity contribution in [1.82, 2.24) is 0 Å². The lowest BCUT2D eigenvalue weighted by molar-refractivity contribution is 0.101. The Labute approximate surface area is 189 Å². The molecule has 162 valence electrons. The summed E-state index contributed by atoms with van der Waals surface area (Å²) in [4.78, 5) is 25.6. The predicted molar refractivity (Wildman–Crippen MR) is 129 cm³/mol. The van der Waals surface area contributed by atoms with Crippen LogP contribution in [0.2, 0.25) is 0 Å². The Balaban J connectivity index is 1.27. The van der Waals surface area contributed by atoms with E-state index in [0.717, 1.165) is 25.7 Å². The summed E-state index contributed by atoms with van der Waals surface area (Å²) in [6.07, 6.45) is 9.10. The fraction of sp³-hybridized carbons (Fsp3) is 0.286. The zero-order valence-electron chi connectivity index (χ0n) is 18.2. The molecule has 0 aliphatic heterocycles. The molecule has 0 unspecified atom stereocenters. The van der Waals surface area contributed by atoms with Gasteiger partial charge in [0.1, 0.15) is 0 Å². The van der Waals surface area contributed by atoms with Crippen molar-refractivity contribution < 1.29 is 9.59 Å². The van der Waals surface area contributed by atoms with Crippen molar-refractivity contribution in [3.8, 4) is 0 Å². The second kappa shape index (κ2) is 8.99. The molecule has 5 rings (SSSR count). The summed E-state index contributed by atoms with van der Waals surface area (Å²) in [5.41, 5.74) is 7.97. The molecule has 0 radical (unpaired) electrons. The number of benzene rings is 3. The van der Waals surface area contributed by atoms with Gasteiger partial charge < -0.3 is 10.6 Å². The third-order valence-electron chi connectivity index (χ3n) is 6.60. The van der Waals surface area contributed by atoms with Gasteiger partial charge in [-0.2, -0.15) is 0 Å². The van der Waals surface area contributed by atoms with Gasteiger partial charge in [-0.15, -0.1) is 0 Å². The van der Waals surface area contributed by atoms with Crippen LogP contribution in [0, 0.1) is 0 Å². The molecule has 0 bridgehead atoms. The van der Waals surface area contributed by atoms with Gasteiger partial charge in [0.25, 0.3) is 11.8 Å². The highest BCUT2D eigenvalue weighted by molar-refractivity contribution is 6.06. The van der Waals surface area contributed by atoms with Gasteiger partial charge in [-0.1, -0.05) is 18.2 Å². The number of nitrogens with one attached hydrogen (secondary N) is 2. The topological polar surface area (TPSA) is 58.2 Å². The highest BCUT2D eigenvalue weighted by Gasteiger charge is 2.15. The lowest BCUT2D eigenvalue weighted by atomic mass is 9.90. The second-order valence-corrected chi connectivity index (χ2v) is 8.87. The van der Waals surface area contributed by atoms with Crippen LogP contribution in [0.3, 0.4) is 0 Å². The minimum atomic E-state index is -0.128. The smallest absolute Gasteiger partial charge is 0.255 e. The summed E-state index contributed by atoms with van der Waals surface area (Å²) in [5, 5.41) is 5.94. The first-order valence-electron chi connectivity index (χ1n) is 11.6. The molecular weight excluding hydrogens is 396 g/mol. The Hall–Kier alpha value is -3.40. The number of fused-ring (bicyclic) bond motifs is 2. The monoisotopic (exact) mass is 424 g/mol. The van der Waals surface area contributed by atoms with Crippen molar-refractivity contribution >= 4 is 23.2 Å². The zero-order valence-corrected chi connectivity index (χ0v) is 18.2. The van der Waals surface area contributed by atoms with Crippen molar-refractivity contribution in [1.29, 1.82) is 0 Å². The molecule has 2 amide bonds. The van der Waals surface area contributed by atoms with Crippen LogP contribution >= 0.6 is 0 Å². The van der Waals surface area contributed by atoms with Gasteiger partial charge in [-0.25, -0.2) is 0 Å². The summed E-state index contributed by atoms with van der Waals surface area (Å²) >= 11 is 0. The molecule has 32 heavy (non-hydrogen) atoms. The van der Waals surface area contributed by atoms with Crippen LogP contribution in [0.25, 0.3) is 0 Å². The van der Waals surface area contributed by atoms with Crippen LogP contribution in [-0.2, 0) is 25.7 Å². The lowest BCUT2D eigenvalue weighted by Crippen LogP contribution is -2.15.